The minimum Gasteiger partial charge on any atom is -0.295 e. The molecule has 1 aromatic heterocycles. The lowest BCUT2D eigenvalue weighted by Gasteiger charge is -2.34. The number of halogens is 3. The van der Waals surface area contributed by atoms with Crippen LogP contribution in [0.25, 0.3) is 0 Å². The second-order valence-electron chi connectivity index (χ2n) is 5.70. The zero-order chi connectivity index (χ0) is 18.0. The fourth-order valence-corrected chi connectivity index (χ4v) is 6.06. The number of aromatic nitrogens is 1. The molecular weight excluding hydrogens is 449 g/mol. The number of hydrogen-bond donors (Lipinski definition) is 0. The maximum absolute atomic E-state index is 12.9. The lowest BCUT2D eigenvalue weighted by atomic mass is 10.3. The van der Waals surface area contributed by atoms with Crippen LogP contribution >= 0.6 is 39.1 Å². The van der Waals surface area contributed by atoms with E-state index < -0.39 is 10.0 Å². The van der Waals surface area contributed by atoms with Crippen LogP contribution in [0.3, 0.4) is 0 Å². The first kappa shape index (κ1) is 19.1. The summed E-state index contributed by atoms with van der Waals surface area (Å²) in [5.74, 6) is 0. The number of benzene rings is 1. The third-order valence-corrected chi connectivity index (χ3v) is 7.28. The van der Waals surface area contributed by atoms with Gasteiger partial charge in [-0.3, -0.25) is 9.88 Å². The van der Waals surface area contributed by atoms with Gasteiger partial charge in [-0.15, -0.1) is 0 Å². The van der Waals surface area contributed by atoms with Crippen LogP contribution in [0, 0.1) is 0 Å². The molecule has 0 amide bonds. The molecule has 0 radical (unpaired) electrons. The molecule has 1 fully saturated rings. The summed E-state index contributed by atoms with van der Waals surface area (Å²) >= 11 is 15.5. The van der Waals surface area contributed by atoms with Crippen LogP contribution in [-0.2, 0) is 16.6 Å². The van der Waals surface area contributed by atoms with Crippen molar-refractivity contribution in [3.63, 3.8) is 0 Å². The summed E-state index contributed by atoms with van der Waals surface area (Å²) in [7, 11) is -3.73. The van der Waals surface area contributed by atoms with Gasteiger partial charge in [0.1, 0.15) is 4.90 Å². The van der Waals surface area contributed by atoms with Crippen molar-refractivity contribution in [2.45, 2.75) is 11.4 Å². The Hall–Kier alpha value is -0.700. The van der Waals surface area contributed by atoms with E-state index in [4.69, 9.17) is 23.2 Å². The van der Waals surface area contributed by atoms with Crippen LogP contribution in [0.15, 0.2) is 45.9 Å². The van der Waals surface area contributed by atoms with Gasteiger partial charge in [-0.05, 0) is 24.3 Å². The van der Waals surface area contributed by atoms with Crippen LogP contribution in [0.2, 0.25) is 10.0 Å². The first-order valence-electron chi connectivity index (χ1n) is 7.65. The van der Waals surface area contributed by atoms with Gasteiger partial charge < -0.3 is 0 Å². The van der Waals surface area contributed by atoms with E-state index in [1.165, 1.54) is 16.4 Å². The minimum absolute atomic E-state index is 0.0304. The summed E-state index contributed by atoms with van der Waals surface area (Å²) in [5.41, 5.74) is 0.970. The van der Waals surface area contributed by atoms with Gasteiger partial charge in [0.15, 0.2) is 0 Å². The smallest absolute Gasteiger partial charge is 0.246 e. The molecular formula is C16H16BrCl2N3O2S. The first-order chi connectivity index (χ1) is 11.9. The number of nitrogens with zero attached hydrogens (tertiary/aromatic N) is 3. The predicted molar refractivity (Wildman–Crippen MR) is 102 cm³/mol. The van der Waals surface area contributed by atoms with E-state index in [9.17, 15) is 8.42 Å². The maximum atomic E-state index is 12.9. The average Bonchev–Trinajstić information content (AvgIpc) is 2.55. The molecule has 3 rings (SSSR count). The molecule has 0 atom stereocenters. The van der Waals surface area contributed by atoms with Gasteiger partial charge in [0, 0.05) is 43.4 Å². The summed E-state index contributed by atoms with van der Waals surface area (Å²) in [4.78, 5) is 6.46. The highest BCUT2D eigenvalue weighted by Crippen LogP contribution is 2.35. The topological polar surface area (TPSA) is 53.5 Å². The van der Waals surface area contributed by atoms with Crippen LogP contribution in [0.5, 0.6) is 0 Å². The summed E-state index contributed by atoms with van der Waals surface area (Å²) in [6.07, 6.45) is 1.76. The first-order valence-corrected chi connectivity index (χ1v) is 10.6. The minimum atomic E-state index is -3.73. The fraction of sp³-hybridized carbons (Fsp3) is 0.312. The Bertz CT molecular complexity index is 834. The second kappa shape index (κ2) is 7.90. The highest BCUT2D eigenvalue weighted by molar-refractivity contribution is 9.10. The predicted octanol–water partition coefficient (Wildman–Crippen LogP) is 3.66. The SMILES string of the molecule is O=S(=O)(c1c(Cl)cc(Br)cc1Cl)N1CCN(Cc2ccccn2)CC1. The Morgan fingerprint density at radius 3 is 2.28 bits per heavy atom. The van der Waals surface area contributed by atoms with E-state index in [1.807, 2.05) is 18.2 Å². The fourth-order valence-electron chi connectivity index (χ4n) is 2.75. The van der Waals surface area contributed by atoms with Crippen LogP contribution in [-0.4, -0.2) is 48.8 Å². The Labute approximate surface area is 165 Å². The Balaban J connectivity index is 1.72. The second-order valence-corrected chi connectivity index (χ2v) is 9.30. The zero-order valence-corrected chi connectivity index (χ0v) is 17.1. The third kappa shape index (κ3) is 4.35. The Morgan fingerprint density at radius 2 is 1.72 bits per heavy atom. The molecule has 2 heterocycles. The molecule has 9 heteroatoms. The van der Waals surface area contributed by atoms with Gasteiger partial charge in [0.25, 0.3) is 0 Å². The van der Waals surface area contributed by atoms with E-state index >= 15 is 0 Å². The largest absolute Gasteiger partial charge is 0.295 e. The summed E-state index contributed by atoms with van der Waals surface area (Å²) < 4.78 is 27.9. The normalized spacial score (nSPS) is 16.9. The molecule has 0 bridgehead atoms. The van der Waals surface area contributed by atoms with Crippen molar-refractivity contribution in [1.29, 1.82) is 0 Å². The van der Waals surface area contributed by atoms with Gasteiger partial charge in [0.2, 0.25) is 10.0 Å². The van der Waals surface area contributed by atoms with E-state index in [0.717, 1.165) is 5.69 Å². The van der Waals surface area contributed by atoms with Crippen molar-refractivity contribution >= 4 is 49.2 Å². The van der Waals surface area contributed by atoms with E-state index in [1.54, 1.807) is 6.20 Å². The molecule has 1 saturated heterocycles. The van der Waals surface area contributed by atoms with Crippen molar-refractivity contribution in [3.8, 4) is 0 Å². The number of pyridine rings is 1. The standard InChI is InChI=1S/C16H16BrCl2N3O2S/c17-12-9-14(18)16(15(19)10-12)25(23,24)22-7-5-21(6-8-22)11-13-3-1-2-4-20-13/h1-4,9-10H,5-8,11H2. The van der Waals surface area contributed by atoms with Gasteiger partial charge in [-0.2, -0.15) is 4.31 Å². The van der Waals surface area contributed by atoms with E-state index in [2.05, 4.69) is 25.8 Å². The molecule has 25 heavy (non-hydrogen) atoms. The highest BCUT2D eigenvalue weighted by Gasteiger charge is 2.32. The number of hydrogen-bond acceptors (Lipinski definition) is 4. The van der Waals surface area contributed by atoms with Gasteiger partial charge >= 0.3 is 0 Å². The van der Waals surface area contributed by atoms with Gasteiger partial charge in [0.05, 0.1) is 15.7 Å². The number of rotatable bonds is 4. The lowest BCUT2D eigenvalue weighted by Crippen LogP contribution is -2.48. The quantitative estimate of drug-likeness (QED) is 0.692. The van der Waals surface area contributed by atoms with E-state index in [0.29, 0.717) is 37.2 Å². The molecule has 1 aliphatic heterocycles. The average molecular weight is 465 g/mol. The molecule has 0 spiro atoms. The van der Waals surface area contributed by atoms with Gasteiger partial charge in [-0.1, -0.05) is 45.2 Å². The van der Waals surface area contributed by atoms with Crippen molar-refractivity contribution in [3.05, 3.63) is 56.7 Å². The van der Waals surface area contributed by atoms with Crippen LogP contribution < -0.4 is 0 Å². The molecule has 0 aliphatic carbocycles. The van der Waals surface area contributed by atoms with Crippen molar-refractivity contribution in [1.82, 2.24) is 14.2 Å². The van der Waals surface area contributed by atoms with E-state index in [-0.39, 0.29) is 14.9 Å². The van der Waals surface area contributed by atoms with Crippen LogP contribution in [0.4, 0.5) is 0 Å². The zero-order valence-electron chi connectivity index (χ0n) is 13.2. The Kier molecular flexibility index (Phi) is 6.03. The number of sulfonamides is 1. The molecule has 0 unspecified atom stereocenters. The van der Waals surface area contributed by atoms with Crippen molar-refractivity contribution < 1.29 is 8.42 Å². The monoisotopic (exact) mass is 463 g/mol. The molecule has 5 nitrogen and oxygen atoms in total. The molecule has 2 aromatic rings. The number of piperazine rings is 1. The third-order valence-electron chi connectivity index (χ3n) is 4.00. The maximum Gasteiger partial charge on any atom is 0.246 e. The van der Waals surface area contributed by atoms with Crippen molar-refractivity contribution in [2.75, 3.05) is 26.2 Å². The summed E-state index contributed by atoms with van der Waals surface area (Å²) in [6, 6.07) is 8.86. The lowest BCUT2D eigenvalue weighted by molar-refractivity contribution is 0.180. The molecule has 0 saturated carbocycles. The highest BCUT2D eigenvalue weighted by atomic mass is 79.9. The Morgan fingerprint density at radius 1 is 1.08 bits per heavy atom. The van der Waals surface area contributed by atoms with Gasteiger partial charge in [-0.25, -0.2) is 8.42 Å². The van der Waals surface area contributed by atoms with Crippen LogP contribution in [0.1, 0.15) is 5.69 Å². The summed E-state index contributed by atoms with van der Waals surface area (Å²) in [6.45, 7) is 2.73. The molecule has 0 N–H and O–H groups in total. The molecule has 1 aromatic carbocycles. The van der Waals surface area contributed by atoms with Crippen molar-refractivity contribution in [2.24, 2.45) is 0 Å². The molecule has 1 aliphatic rings. The molecule has 134 valence electrons. The summed E-state index contributed by atoms with van der Waals surface area (Å²) in [5, 5.41) is 0.241.